The summed E-state index contributed by atoms with van der Waals surface area (Å²) in [7, 11) is 4.97. The van der Waals surface area contributed by atoms with E-state index in [0.29, 0.717) is 17.9 Å². The van der Waals surface area contributed by atoms with Crippen LogP contribution in [0.4, 0.5) is 0 Å². The van der Waals surface area contributed by atoms with Gasteiger partial charge in [0.05, 0.1) is 26.8 Å². The number of hydrogen-bond donors (Lipinski definition) is 2. The Morgan fingerprint density at radius 2 is 1.77 bits per heavy atom. The van der Waals surface area contributed by atoms with Crippen molar-refractivity contribution in [1.82, 2.24) is 10.6 Å². The average Bonchev–Trinajstić information content (AvgIpc) is 2.62. The number of ether oxygens (including phenoxy) is 2. The Labute approximate surface area is 161 Å². The highest BCUT2D eigenvalue weighted by molar-refractivity contribution is 5.85. The lowest BCUT2D eigenvalue weighted by Gasteiger charge is -2.21. The Bertz CT molecular complexity index is 722. The smallest absolute Gasteiger partial charge is 0.234 e. The van der Waals surface area contributed by atoms with Crippen molar-refractivity contribution in [1.29, 1.82) is 0 Å². The highest BCUT2D eigenvalue weighted by atomic mass is 35.5. The average molecular weight is 379 g/mol. The van der Waals surface area contributed by atoms with Gasteiger partial charge in [-0.3, -0.25) is 4.79 Å². The van der Waals surface area contributed by atoms with Gasteiger partial charge in [0, 0.05) is 0 Å². The molecule has 6 heteroatoms. The summed E-state index contributed by atoms with van der Waals surface area (Å²) >= 11 is 0. The molecule has 0 bridgehead atoms. The van der Waals surface area contributed by atoms with Crippen molar-refractivity contribution in [3.05, 3.63) is 59.2 Å². The third-order valence-electron chi connectivity index (χ3n) is 4.17. The molecule has 0 fully saturated rings. The highest BCUT2D eigenvalue weighted by Crippen LogP contribution is 2.31. The van der Waals surface area contributed by atoms with Gasteiger partial charge in [-0.2, -0.15) is 0 Å². The highest BCUT2D eigenvalue weighted by Gasteiger charge is 2.18. The third kappa shape index (κ3) is 5.64. The maximum absolute atomic E-state index is 12.1. The molecule has 1 unspecified atom stereocenters. The van der Waals surface area contributed by atoms with E-state index in [-0.39, 0.29) is 30.9 Å². The summed E-state index contributed by atoms with van der Waals surface area (Å²) in [6, 6.07) is 13.8. The van der Waals surface area contributed by atoms with Gasteiger partial charge in [0.15, 0.2) is 11.5 Å². The zero-order valence-electron chi connectivity index (χ0n) is 15.7. The summed E-state index contributed by atoms with van der Waals surface area (Å²) in [5.74, 6) is 1.27. The number of aryl methyl sites for hydroxylation is 1. The van der Waals surface area contributed by atoms with E-state index < -0.39 is 0 Å². The van der Waals surface area contributed by atoms with Crippen LogP contribution in [0.2, 0.25) is 0 Å². The molecular formula is C20H27ClN2O3. The fourth-order valence-electron chi connectivity index (χ4n) is 2.79. The first-order valence-corrected chi connectivity index (χ1v) is 8.29. The van der Waals surface area contributed by atoms with Crippen molar-refractivity contribution in [3.8, 4) is 11.5 Å². The fourth-order valence-corrected chi connectivity index (χ4v) is 2.79. The zero-order valence-corrected chi connectivity index (χ0v) is 16.5. The number of carbonyl (C=O) groups excluding carboxylic acids is 1. The van der Waals surface area contributed by atoms with E-state index in [0.717, 1.165) is 5.56 Å². The van der Waals surface area contributed by atoms with Crippen molar-refractivity contribution in [2.24, 2.45) is 0 Å². The Kier molecular flexibility index (Phi) is 8.96. The molecule has 0 saturated heterocycles. The molecule has 0 aliphatic carbocycles. The second-order valence-electron chi connectivity index (χ2n) is 5.90. The third-order valence-corrected chi connectivity index (χ3v) is 4.17. The second kappa shape index (κ2) is 10.7. The molecule has 0 aromatic heterocycles. The minimum Gasteiger partial charge on any atom is -0.493 e. The summed E-state index contributed by atoms with van der Waals surface area (Å²) in [5.41, 5.74) is 3.38. The maximum Gasteiger partial charge on any atom is 0.234 e. The first-order valence-electron chi connectivity index (χ1n) is 8.29. The minimum atomic E-state index is -0.151. The molecule has 5 nitrogen and oxygen atoms in total. The monoisotopic (exact) mass is 378 g/mol. The van der Waals surface area contributed by atoms with Gasteiger partial charge in [0.2, 0.25) is 5.91 Å². The van der Waals surface area contributed by atoms with Gasteiger partial charge in [0.1, 0.15) is 0 Å². The number of halogens is 1. The summed E-state index contributed by atoms with van der Waals surface area (Å²) in [6.07, 6.45) is 0.706. The van der Waals surface area contributed by atoms with Gasteiger partial charge in [-0.05, 0) is 49.2 Å². The van der Waals surface area contributed by atoms with Crippen LogP contribution in [0, 0.1) is 6.92 Å². The van der Waals surface area contributed by atoms with Crippen molar-refractivity contribution >= 4 is 18.3 Å². The first kappa shape index (κ1) is 21.8. The number of hydrogen-bond acceptors (Lipinski definition) is 4. The number of rotatable bonds is 8. The van der Waals surface area contributed by atoms with E-state index in [1.165, 1.54) is 11.1 Å². The quantitative estimate of drug-likeness (QED) is 0.741. The summed E-state index contributed by atoms with van der Waals surface area (Å²) in [4.78, 5) is 12.1. The van der Waals surface area contributed by atoms with E-state index in [1.807, 2.05) is 30.3 Å². The van der Waals surface area contributed by atoms with E-state index in [2.05, 4.69) is 29.7 Å². The lowest BCUT2D eigenvalue weighted by molar-refractivity contribution is -0.120. The van der Waals surface area contributed by atoms with Gasteiger partial charge < -0.3 is 20.1 Å². The summed E-state index contributed by atoms with van der Waals surface area (Å²) in [5, 5.41) is 5.98. The molecule has 0 spiro atoms. The number of carbonyl (C=O) groups is 1. The van der Waals surface area contributed by atoms with Crippen LogP contribution in [0.25, 0.3) is 0 Å². The Balaban J connectivity index is 0.00000338. The maximum atomic E-state index is 12.1. The molecule has 2 aromatic rings. The molecule has 0 aliphatic rings. The normalized spacial score (nSPS) is 11.2. The standard InChI is InChI=1S/C20H26N2O3.ClH/c1-14-7-5-6-8-15(14)11-17(22-20(23)13-21-2)16-9-10-18(24-3)19(12-16)25-4;/h5-10,12,17,21H,11,13H2,1-4H3,(H,22,23);1H. The molecule has 1 amide bonds. The number of benzene rings is 2. The number of methoxy groups -OCH3 is 2. The van der Waals surface area contributed by atoms with Crippen LogP contribution in [0.3, 0.4) is 0 Å². The van der Waals surface area contributed by atoms with Gasteiger partial charge >= 0.3 is 0 Å². The minimum absolute atomic E-state index is 0. The predicted octanol–water partition coefficient (Wildman–Crippen LogP) is 3.05. The van der Waals surface area contributed by atoms with Crippen molar-refractivity contribution in [2.45, 2.75) is 19.4 Å². The topological polar surface area (TPSA) is 59.6 Å². The van der Waals surface area contributed by atoms with Crippen LogP contribution >= 0.6 is 12.4 Å². The Morgan fingerprint density at radius 1 is 1.08 bits per heavy atom. The van der Waals surface area contributed by atoms with E-state index in [9.17, 15) is 4.79 Å². The number of nitrogens with one attached hydrogen (secondary N) is 2. The molecule has 0 heterocycles. The fraction of sp³-hybridized carbons (Fsp3) is 0.350. The second-order valence-corrected chi connectivity index (χ2v) is 5.90. The van der Waals surface area contributed by atoms with Crippen LogP contribution in [0.1, 0.15) is 22.7 Å². The molecule has 0 aliphatic heterocycles. The van der Waals surface area contributed by atoms with Crippen LogP contribution in [-0.4, -0.2) is 33.7 Å². The zero-order chi connectivity index (χ0) is 18.2. The van der Waals surface area contributed by atoms with Crippen molar-refractivity contribution in [2.75, 3.05) is 27.8 Å². The van der Waals surface area contributed by atoms with E-state index >= 15 is 0 Å². The summed E-state index contributed by atoms with van der Waals surface area (Å²) < 4.78 is 10.7. The predicted molar refractivity (Wildman–Crippen MR) is 106 cm³/mol. The molecule has 142 valence electrons. The Hall–Kier alpha value is -2.24. The van der Waals surface area contributed by atoms with Gasteiger partial charge in [-0.25, -0.2) is 0 Å². The SMILES string of the molecule is CNCC(=O)NC(Cc1ccccc1C)c1ccc(OC)c(OC)c1.Cl. The van der Waals surface area contributed by atoms with E-state index in [4.69, 9.17) is 9.47 Å². The van der Waals surface area contributed by atoms with Crippen molar-refractivity contribution in [3.63, 3.8) is 0 Å². The number of amides is 1. The first-order chi connectivity index (χ1) is 12.1. The van der Waals surface area contributed by atoms with E-state index in [1.54, 1.807) is 21.3 Å². The molecule has 2 N–H and O–H groups in total. The van der Waals surface area contributed by atoms with Crippen molar-refractivity contribution < 1.29 is 14.3 Å². The van der Waals surface area contributed by atoms with Crippen LogP contribution in [0.5, 0.6) is 11.5 Å². The lowest BCUT2D eigenvalue weighted by atomic mass is 9.95. The molecule has 26 heavy (non-hydrogen) atoms. The molecule has 2 rings (SSSR count). The largest absolute Gasteiger partial charge is 0.493 e. The molecule has 0 saturated carbocycles. The molecule has 2 aromatic carbocycles. The van der Waals surface area contributed by atoms with Gasteiger partial charge in [-0.15, -0.1) is 12.4 Å². The van der Waals surface area contributed by atoms with Gasteiger partial charge in [-0.1, -0.05) is 30.3 Å². The lowest BCUT2D eigenvalue weighted by Crippen LogP contribution is -2.36. The van der Waals surface area contributed by atoms with Gasteiger partial charge in [0.25, 0.3) is 0 Å². The Morgan fingerprint density at radius 3 is 2.38 bits per heavy atom. The van der Waals surface area contributed by atoms with Crippen LogP contribution in [0.15, 0.2) is 42.5 Å². The summed E-state index contributed by atoms with van der Waals surface area (Å²) in [6.45, 7) is 2.36. The van der Waals surface area contributed by atoms with Crippen LogP contribution < -0.4 is 20.1 Å². The molecular weight excluding hydrogens is 352 g/mol. The molecule has 1 atom stereocenters. The van der Waals surface area contributed by atoms with Crippen LogP contribution in [-0.2, 0) is 11.2 Å². The number of likely N-dealkylation sites (N-methyl/N-ethyl adjacent to an activating group) is 1. The molecule has 0 radical (unpaired) electrons.